The summed E-state index contributed by atoms with van der Waals surface area (Å²) in [6.07, 6.45) is 3.70. The van der Waals surface area contributed by atoms with Crippen molar-refractivity contribution in [2.24, 2.45) is 0 Å². The third-order valence-electron chi connectivity index (χ3n) is 3.50. The summed E-state index contributed by atoms with van der Waals surface area (Å²) in [6.45, 7) is -0.0113. The minimum atomic E-state index is -0.0113. The zero-order valence-electron chi connectivity index (χ0n) is 10.5. The predicted molar refractivity (Wildman–Crippen MR) is 80.0 cm³/mol. The Kier molecular flexibility index (Phi) is 3.83. The van der Waals surface area contributed by atoms with Crippen LogP contribution in [0.25, 0.3) is 0 Å². The third kappa shape index (κ3) is 2.81. The van der Waals surface area contributed by atoms with Crippen LogP contribution in [-0.4, -0.2) is 5.11 Å². The van der Waals surface area contributed by atoms with Crippen LogP contribution in [0.4, 0.5) is 0 Å². The van der Waals surface area contributed by atoms with Crippen molar-refractivity contribution in [3.8, 4) is 0 Å². The van der Waals surface area contributed by atoms with E-state index in [-0.39, 0.29) is 6.61 Å². The minimum Gasteiger partial charge on any atom is -0.392 e. The molecule has 3 heteroatoms. The van der Waals surface area contributed by atoms with Crippen molar-refractivity contribution >= 4 is 23.4 Å². The van der Waals surface area contributed by atoms with Crippen LogP contribution in [0, 0.1) is 0 Å². The zero-order chi connectivity index (χ0) is 13.2. The SMILES string of the molecule is OCc1ccc(Sc2ccc3c(c2)CCC3)cc1Cl. The van der Waals surface area contributed by atoms with E-state index in [1.165, 1.54) is 35.3 Å². The number of hydrogen-bond donors (Lipinski definition) is 1. The lowest BCUT2D eigenvalue weighted by Gasteiger charge is -2.07. The number of hydrogen-bond acceptors (Lipinski definition) is 2. The van der Waals surface area contributed by atoms with E-state index in [4.69, 9.17) is 16.7 Å². The molecule has 1 aliphatic rings. The van der Waals surface area contributed by atoms with Crippen molar-refractivity contribution in [2.75, 3.05) is 0 Å². The highest BCUT2D eigenvalue weighted by Gasteiger charge is 2.11. The van der Waals surface area contributed by atoms with Crippen LogP contribution in [0.1, 0.15) is 23.1 Å². The summed E-state index contributed by atoms with van der Waals surface area (Å²) in [6, 6.07) is 12.5. The van der Waals surface area contributed by atoms with Gasteiger partial charge in [-0.25, -0.2) is 0 Å². The first-order valence-electron chi connectivity index (χ1n) is 6.45. The summed E-state index contributed by atoms with van der Waals surface area (Å²) < 4.78 is 0. The number of aliphatic hydroxyl groups excluding tert-OH is 1. The predicted octanol–water partition coefficient (Wildman–Crippen LogP) is 4.47. The minimum absolute atomic E-state index is 0.0113. The third-order valence-corrected chi connectivity index (χ3v) is 4.83. The number of benzene rings is 2. The van der Waals surface area contributed by atoms with Crippen molar-refractivity contribution in [2.45, 2.75) is 35.7 Å². The van der Waals surface area contributed by atoms with Gasteiger partial charge in [0.15, 0.2) is 0 Å². The molecule has 2 aromatic rings. The average molecular weight is 291 g/mol. The highest BCUT2D eigenvalue weighted by Crippen LogP contribution is 2.33. The van der Waals surface area contributed by atoms with Gasteiger partial charge in [0.05, 0.1) is 6.61 Å². The molecule has 0 radical (unpaired) electrons. The Hall–Kier alpha value is -0.960. The van der Waals surface area contributed by atoms with Crippen LogP contribution in [0.15, 0.2) is 46.2 Å². The fourth-order valence-corrected chi connectivity index (χ4v) is 3.69. The van der Waals surface area contributed by atoms with Crippen LogP contribution in [0.5, 0.6) is 0 Å². The van der Waals surface area contributed by atoms with Crippen molar-refractivity contribution < 1.29 is 5.11 Å². The lowest BCUT2D eigenvalue weighted by Crippen LogP contribution is -1.86. The van der Waals surface area contributed by atoms with Crippen LogP contribution >= 0.6 is 23.4 Å². The summed E-state index contributed by atoms with van der Waals surface area (Å²) in [5.41, 5.74) is 3.76. The molecule has 19 heavy (non-hydrogen) atoms. The van der Waals surface area contributed by atoms with Crippen LogP contribution in [-0.2, 0) is 19.4 Å². The fraction of sp³-hybridized carbons (Fsp3) is 0.250. The smallest absolute Gasteiger partial charge is 0.0696 e. The first kappa shape index (κ1) is 13.0. The summed E-state index contributed by atoms with van der Waals surface area (Å²) in [4.78, 5) is 2.37. The molecule has 1 nitrogen and oxygen atoms in total. The molecule has 1 N–H and O–H groups in total. The lowest BCUT2D eigenvalue weighted by molar-refractivity contribution is 0.282. The molecule has 0 saturated heterocycles. The Balaban J connectivity index is 1.83. The van der Waals surface area contributed by atoms with E-state index in [0.717, 1.165) is 10.5 Å². The van der Waals surface area contributed by atoms with Gasteiger partial charge in [-0.1, -0.05) is 35.5 Å². The Bertz CT molecular complexity index is 610. The number of aryl methyl sites for hydroxylation is 2. The highest BCUT2D eigenvalue weighted by molar-refractivity contribution is 7.99. The number of halogens is 1. The van der Waals surface area contributed by atoms with Gasteiger partial charge in [-0.3, -0.25) is 0 Å². The van der Waals surface area contributed by atoms with E-state index in [1.54, 1.807) is 11.8 Å². The van der Waals surface area contributed by atoms with Gasteiger partial charge in [0.1, 0.15) is 0 Å². The quantitative estimate of drug-likeness (QED) is 0.900. The topological polar surface area (TPSA) is 20.2 Å². The Morgan fingerprint density at radius 2 is 1.74 bits per heavy atom. The van der Waals surface area contributed by atoms with Crippen LogP contribution in [0.2, 0.25) is 5.02 Å². The van der Waals surface area contributed by atoms with Crippen molar-refractivity contribution in [1.82, 2.24) is 0 Å². The van der Waals surface area contributed by atoms with Gasteiger partial charge in [0.2, 0.25) is 0 Å². The van der Waals surface area contributed by atoms with Crippen LogP contribution < -0.4 is 0 Å². The van der Waals surface area contributed by atoms with Gasteiger partial charge >= 0.3 is 0 Å². The Morgan fingerprint density at radius 1 is 1.00 bits per heavy atom. The number of fused-ring (bicyclic) bond motifs is 1. The van der Waals surface area contributed by atoms with E-state index < -0.39 is 0 Å². The van der Waals surface area contributed by atoms with Crippen LogP contribution in [0.3, 0.4) is 0 Å². The molecule has 98 valence electrons. The maximum Gasteiger partial charge on any atom is 0.0696 e. The molecule has 0 unspecified atom stereocenters. The first-order valence-corrected chi connectivity index (χ1v) is 7.64. The Morgan fingerprint density at radius 3 is 2.53 bits per heavy atom. The summed E-state index contributed by atoms with van der Waals surface area (Å²) in [5, 5.41) is 9.75. The van der Waals surface area contributed by atoms with E-state index in [1.807, 2.05) is 18.2 Å². The second-order valence-corrected chi connectivity index (χ2v) is 6.35. The molecule has 0 heterocycles. The highest BCUT2D eigenvalue weighted by atomic mass is 35.5. The molecule has 0 fully saturated rings. The second-order valence-electron chi connectivity index (χ2n) is 4.80. The molecule has 0 atom stereocenters. The van der Waals surface area contributed by atoms with Crippen molar-refractivity contribution in [1.29, 1.82) is 0 Å². The van der Waals surface area contributed by atoms with Gasteiger partial charge in [-0.2, -0.15) is 0 Å². The summed E-state index contributed by atoms with van der Waals surface area (Å²) in [7, 11) is 0. The van der Waals surface area contributed by atoms with E-state index in [0.29, 0.717) is 5.02 Å². The van der Waals surface area contributed by atoms with Gasteiger partial charge in [0, 0.05) is 14.8 Å². The molecule has 0 aliphatic heterocycles. The van der Waals surface area contributed by atoms with Crippen molar-refractivity contribution in [3.63, 3.8) is 0 Å². The second kappa shape index (κ2) is 5.58. The molecule has 0 amide bonds. The van der Waals surface area contributed by atoms with E-state index in [9.17, 15) is 0 Å². The number of rotatable bonds is 3. The molecule has 2 aromatic carbocycles. The average Bonchev–Trinajstić information content (AvgIpc) is 2.86. The molecular formula is C16H15ClOS. The molecule has 3 rings (SSSR count). The first-order chi connectivity index (χ1) is 9.26. The summed E-state index contributed by atoms with van der Waals surface area (Å²) in [5.74, 6) is 0. The maximum atomic E-state index is 9.11. The van der Waals surface area contributed by atoms with Gasteiger partial charge in [0.25, 0.3) is 0 Å². The summed E-state index contributed by atoms with van der Waals surface area (Å²) >= 11 is 7.84. The van der Waals surface area contributed by atoms with Gasteiger partial charge in [-0.15, -0.1) is 0 Å². The molecular weight excluding hydrogens is 276 g/mol. The van der Waals surface area contributed by atoms with Gasteiger partial charge in [-0.05, 0) is 60.2 Å². The lowest BCUT2D eigenvalue weighted by atomic mass is 10.1. The van der Waals surface area contributed by atoms with Gasteiger partial charge < -0.3 is 5.11 Å². The maximum absolute atomic E-state index is 9.11. The molecule has 0 spiro atoms. The van der Waals surface area contributed by atoms with E-state index in [2.05, 4.69) is 18.2 Å². The fourth-order valence-electron chi connectivity index (χ4n) is 2.47. The standard InChI is InChI=1S/C16H15ClOS/c17-16-9-15(7-5-13(16)10-18)19-14-6-4-11-2-1-3-12(11)8-14/h4-9,18H,1-3,10H2. The number of aliphatic hydroxyl groups is 1. The largest absolute Gasteiger partial charge is 0.392 e. The zero-order valence-corrected chi connectivity index (χ0v) is 12.1. The Labute approximate surface area is 122 Å². The van der Waals surface area contributed by atoms with E-state index >= 15 is 0 Å². The molecule has 0 bridgehead atoms. The molecule has 0 aromatic heterocycles. The molecule has 1 aliphatic carbocycles. The normalized spacial score (nSPS) is 13.6. The molecule has 0 saturated carbocycles. The monoisotopic (exact) mass is 290 g/mol. The van der Waals surface area contributed by atoms with Crippen molar-refractivity contribution in [3.05, 3.63) is 58.1 Å².